The second-order valence-electron chi connectivity index (χ2n) is 8.50. The van der Waals surface area contributed by atoms with E-state index in [0.717, 1.165) is 0 Å². The zero-order valence-electron chi connectivity index (χ0n) is 21.7. The molecule has 0 aliphatic heterocycles. The van der Waals surface area contributed by atoms with Crippen molar-refractivity contribution in [1.82, 2.24) is 0 Å². The molecule has 0 saturated heterocycles. The summed E-state index contributed by atoms with van der Waals surface area (Å²) in [5, 5.41) is 0. The van der Waals surface area contributed by atoms with Crippen molar-refractivity contribution in [1.29, 1.82) is 0 Å². The number of hydrogen-bond donors (Lipinski definition) is 0. The van der Waals surface area contributed by atoms with Gasteiger partial charge in [-0.05, 0) is 0 Å². The molecular formula is C28H16F8O6Pb. The predicted molar refractivity (Wildman–Crippen MR) is 136 cm³/mol. The summed E-state index contributed by atoms with van der Waals surface area (Å²) in [4.78, 5) is 27.9. The molecule has 4 rings (SSSR count). The van der Waals surface area contributed by atoms with Gasteiger partial charge in [0.25, 0.3) is 0 Å². The topological polar surface area (TPSA) is 71.1 Å². The van der Waals surface area contributed by atoms with E-state index in [1.165, 1.54) is 60.7 Å². The van der Waals surface area contributed by atoms with Gasteiger partial charge < -0.3 is 0 Å². The Hall–Kier alpha value is -4.22. The van der Waals surface area contributed by atoms with Crippen LogP contribution in [-0.2, 0) is 0 Å². The van der Waals surface area contributed by atoms with E-state index < -0.39 is 97.8 Å². The first-order valence-corrected chi connectivity index (χ1v) is 19.6. The van der Waals surface area contributed by atoms with E-state index >= 15 is 0 Å². The van der Waals surface area contributed by atoms with Crippen LogP contribution in [0.25, 0.3) is 0 Å². The molecule has 0 heterocycles. The van der Waals surface area contributed by atoms with Crippen LogP contribution < -0.4 is 25.2 Å². The molecule has 0 atom stereocenters. The van der Waals surface area contributed by atoms with E-state index in [1.807, 2.05) is 0 Å². The molecule has 0 saturated carbocycles. The fourth-order valence-corrected chi connectivity index (χ4v) is 17.1. The average molecular weight is 808 g/mol. The minimum absolute atomic E-state index is 0.207. The van der Waals surface area contributed by atoms with Crippen molar-refractivity contribution in [2.75, 3.05) is 14.2 Å². The van der Waals surface area contributed by atoms with Gasteiger partial charge in [-0.25, -0.2) is 0 Å². The molecule has 224 valence electrons. The monoisotopic (exact) mass is 808 g/mol. The van der Waals surface area contributed by atoms with Gasteiger partial charge in [0.2, 0.25) is 0 Å². The molecule has 0 N–H and O–H groups in total. The van der Waals surface area contributed by atoms with Crippen LogP contribution >= 0.6 is 0 Å². The number of ether oxygens (including phenoxy) is 4. The summed E-state index contributed by atoms with van der Waals surface area (Å²) >= 11 is -6.57. The van der Waals surface area contributed by atoms with Crippen LogP contribution in [0.1, 0.15) is 0 Å². The molecule has 0 aromatic heterocycles. The third-order valence-electron chi connectivity index (χ3n) is 6.19. The molecule has 6 nitrogen and oxygen atoms in total. The van der Waals surface area contributed by atoms with Crippen LogP contribution in [0.5, 0.6) is 23.0 Å². The summed E-state index contributed by atoms with van der Waals surface area (Å²) in [6.45, 7) is 0. The Bertz CT molecular complexity index is 1540. The minimum atomic E-state index is -6.57. The maximum absolute atomic E-state index is 14.8. The van der Waals surface area contributed by atoms with E-state index in [1.54, 1.807) is 0 Å². The van der Waals surface area contributed by atoms with Gasteiger partial charge >= 0.3 is 243 Å². The first-order valence-electron chi connectivity index (χ1n) is 11.8. The zero-order valence-corrected chi connectivity index (χ0v) is 25.6. The number of rotatable bonds is 8. The molecule has 0 aliphatic rings. The van der Waals surface area contributed by atoms with Gasteiger partial charge in [-0.3, -0.25) is 0 Å². The maximum atomic E-state index is 14.8. The summed E-state index contributed by atoms with van der Waals surface area (Å²) in [5.74, 6) is -23.9. The SMILES string of the molecule is COc1c(F)c(F)c(O[C](=O)[Pb]([C](=O)Oc2c(F)c(F)c(OC)c(F)c2F)([c]2ccccc2)[c]2ccccc2)c(F)c1F. The molecule has 0 unspecified atom stereocenters. The normalized spacial score (nSPS) is 11.2. The van der Waals surface area contributed by atoms with Gasteiger partial charge in [0.15, 0.2) is 0 Å². The summed E-state index contributed by atoms with van der Waals surface area (Å²) in [5.41, 5.74) is 0. The number of carbonyl (C=O) groups excluding carboxylic acids is 2. The van der Waals surface area contributed by atoms with Crippen molar-refractivity contribution in [3.63, 3.8) is 0 Å². The Balaban J connectivity index is 1.99. The second-order valence-corrected chi connectivity index (χ2v) is 22.0. The second kappa shape index (κ2) is 12.6. The third kappa shape index (κ3) is 5.27. The summed E-state index contributed by atoms with van der Waals surface area (Å²) in [6, 6.07) is 12.9. The molecule has 43 heavy (non-hydrogen) atoms. The van der Waals surface area contributed by atoms with E-state index in [0.29, 0.717) is 14.2 Å². The quantitative estimate of drug-likeness (QED) is 0.125. The number of carbonyl (C=O) groups is 2. The van der Waals surface area contributed by atoms with Crippen molar-refractivity contribution in [2.45, 2.75) is 0 Å². The Morgan fingerprint density at radius 2 is 0.721 bits per heavy atom. The fraction of sp³-hybridized carbons (Fsp3) is 0.0714. The molecule has 0 aliphatic carbocycles. The predicted octanol–water partition coefficient (Wildman–Crippen LogP) is 5.94. The van der Waals surface area contributed by atoms with Crippen LogP contribution in [0.3, 0.4) is 0 Å². The Morgan fingerprint density at radius 3 is 0.977 bits per heavy atom. The number of hydrogen-bond acceptors (Lipinski definition) is 6. The van der Waals surface area contributed by atoms with E-state index in [4.69, 9.17) is 9.47 Å². The molecule has 4 aromatic rings. The van der Waals surface area contributed by atoms with Crippen molar-refractivity contribution in [3.8, 4) is 23.0 Å². The molecule has 0 amide bonds. The fourth-order valence-electron chi connectivity index (χ4n) is 4.16. The van der Waals surface area contributed by atoms with Gasteiger partial charge in [0.1, 0.15) is 0 Å². The van der Waals surface area contributed by atoms with Gasteiger partial charge in [-0.1, -0.05) is 0 Å². The van der Waals surface area contributed by atoms with E-state index in [9.17, 15) is 44.7 Å². The molecule has 0 fully saturated rings. The third-order valence-corrected chi connectivity index (χ3v) is 21.1. The number of benzene rings is 4. The molecule has 0 radical (unpaired) electrons. The number of halogens is 8. The molecule has 0 bridgehead atoms. The van der Waals surface area contributed by atoms with Crippen LogP contribution in [-0.4, -0.2) is 42.4 Å². The van der Waals surface area contributed by atoms with Crippen LogP contribution in [0.15, 0.2) is 60.7 Å². The van der Waals surface area contributed by atoms with Crippen LogP contribution in [0, 0.1) is 46.5 Å². The molecule has 4 aromatic carbocycles. The van der Waals surface area contributed by atoms with Crippen molar-refractivity contribution in [2.24, 2.45) is 0 Å². The summed E-state index contributed by atoms with van der Waals surface area (Å²) in [6.07, 6.45) is 0. The zero-order chi connectivity index (χ0) is 31.6. The van der Waals surface area contributed by atoms with E-state index in [-0.39, 0.29) is 6.25 Å². The first-order chi connectivity index (χ1) is 20.4. The first kappa shape index (κ1) is 31.7. The van der Waals surface area contributed by atoms with Gasteiger partial charge in [-0.2, -0.15) is 0 Å². The van der Waals surface area contributed by atoms with Gasteiger partial charge in [0, 0.05) is 0 Å². The standard InChI is InChI=1S/2C8H3F4O3.2C6H5.Pb/c2*1-14-7-3(9)5(11)8(15-2-13)6(12)4(7)10;2*1-2-4-6-5-3-1;/h2*1H3;2*1-5H;. The summed E-state index contributed by atoms with van der Waals surface area (Å²) in [7, 11) is 1.41. The number of methoxy groups -OCH3 is 2. The van der Waals surface area contributed by atoms with Crippen molar-refractivity contribution >= 4 is 34.5 Å². The van der Waals surface area contributed by atoms with Crippen molar-refractivity contribution < 1.29 is 63.7 Å². The van der Waals surface area contributed by atoms with Crippen LogP contribution in [0.4, 0.5) is 44.7 Å². The van der Waals surface area contributed by atoms with Crippen molar-refractivity contribution in [3.05, 3.63) is 107 Å². The Kier molecular flexibility index (Phi) is 9.27. The Morgan fingerprint density at radius 1 is 0.465 bits per heavy atom. The van der Waals surface area contributed by atoms with Gasteiger partial charge in [0.05, 0.1) is 0 Å². The Labute approximate surface area is 242 Å². The average Bonchev–Trinajstić information content (AvgIpc) is 3.01. The molecule has 15 heteroatoms. The van der Waals surface area contributed by atoms with Crippen LogP contribution in [0.2, 0.25) is 0 Å². The summed E-state index contributed by atoms with van der Waals surface area (Å²) < 4.78 is 131. The van der Waals surface area contributed by atoms with E-state index in [2.05, 4.69) is 9.47 Å². The molecular weight excluding hydrogens is 791 g/mol. The van der Waals surface area contributed by atoms with Gasteiger partial charge in [-0.15, -0.1) is 0 Å². The molecule has 0 spiro atoms.